The summed E-state index contributed by atoms with van der Waals surface area (Å²) in [4.78, 5) is 11.0. The van der Waals surface area contributed by atoms with Crippen LogP contribution in [0.4, 0.5) is 0 Å². The van der Waals surface area contributed by atoms with E-state index < -0.39 is 5.97 Å². The summed E-state index contributed by atoms with van der Waals surface area (Å²) < 4.78 is 5.21. The van der Waals surface area contributed by atoms with Crippen LogP contribution in [0.5, 0.6) is 5.75 Å². The molecule has 0 fully saturated rings. The molecule has 0 spiro atoms. The number of fused-ring (bicyclic) bond motifs is 1. The number of carboxylic acids is 1. The molecular weight excluding hydrogens is 198 g/mol. The van der Waals surface area contributed by atoms with Crippen molar-refractivity contribution in [1.82, 2.24) is 15.4 Å². The minimum Gasteiger partial charge on any atom is -0.493 e. The van der Waals surface area contributed by atoms with Crippen LogP contribution in [0, 0.1) is 0 Å². The number of carbonyl (C=O) groups is 1. The number of aromatic nitrogens is 3. The summed E-state index contributed by atoms with van der Waals surface area (Å²) in [5, 5.41) is 19.0. The number of nitrogens with one attached hydrogen (secondary N) is 1. The van der Waals surface area contributed by atoms with Crippen molar-refractivity contribution in [2.45, 2.75) is 6.92 Å². The second-order valence-corrected chi connectivity index (χ2v) is 2.87. The molecule has 0 bridgehead atoms. The van der Waals surface area contributed by atoms with Crippen molar-refractivity contribution in [3.05, 3.63) is 17.7 Å². The van der Waals surface area contributed by atoms with Crippen LogP contribution in [-0.2, 0) is 0 Å². The Kier molecular flexibility index (Phi) is 2.24. The lowest BCUT2D eigenvalue weighted by atomic mass is 10.1. The summed E-state index contributed by atoms with van der Waals surface area (Å²) in [6.45, 7) is 2.20. The smallest absolute Gasteiger partial charge is 0.341 e. The lowest BCUT2D eigenvalue weighted by Gasteiger charge is -2.06. The topological polar surface area (TPSA) is 88.1 Å². The van der Waals surface area contributed by atoms with E-state index in [1.807, 2.05) is 0 Å². The molecule has 0 unspecified atom stereocenters. The van der Waals surface area contributed by atoms with Gasteiger partial charge in [0.05, 0.1) is 6.61 Å². The summed E-state index contributed by atoms with van der Waals surface area (Å²) in [6, 6.07) is 3.24. The van der Waals surface area contributed by atoms with Crippen molar-refractivity contribution >= 4 is 17.0 Å². The Hall–Kier alpha value is -2.11. The summed E-state index contributed by atoms with van der Waals surface area (Å²) >= 11 is 0. The van der Waals surface area contributed by atoms with Crippen molar-refractivity contribution in [2.75, 3.05) is 6.61 Å². The predicted molar refractivity (Wildman–Crippen MR) is 52.0 cm³/mol. The number of ether oxygens (including phenoxy) is 1. The maximum atomic E-state index is 11.0. The highest BCUT2D eigenvalue weighted by Gasteiger charge is 2.18. The van der Waals surface area contributed by atoms with Crippen LogP contribution in [0.1, 0.15) is 17.3 Å². The Balaban J connectivity index is 2.69. The van der Waals surface area contributed by atoms with Crippen LogP contribution in [0.2, 0.25) is 0 Å². The maximum absolute atomic E-state index is 11.0. The second kappa shape index (κ2) is 3.56. The van der Waals surface area contributed by atoms with Gasteiger partial charge in [0.1, 0.15) is 22.3 Å². The fourth-order valence-electron chi connectivity index (χ4n) is 1.38. The van der Waals surface area contributed by atoms with Crippen molar-refractivity contribution < 1.29 is 14.6 Å². The molecule has 0 saturated heterocycles. The van der Waals surface area contributed by atoms with Gasteiger partial charge >= 0.3 is 5.97 Å². The van der Waals surface area contributed by atoms with E-state index in [0.717, 1.165) is 0 Å². The van der Waals surface area contributed by atoms with Crippen LogP contribution in [0.15, 0.2) is 12.1 Å². The van der Waals surface area contributed by atoms with Gasteiger partial charge in [0.25, 0.3) is 0 Å². The molecule has 15 heavy (non-hydrogen) atoms. The van der Waals surface area contributed by atoms with Gasteiger partial charge in [-0.25, -0.2) is 4.79 Å². The molecule has 6 heteroatoms. The zero-order valence-corrected chi connectivity index (χ0v) is 8.02. The van der Waals surface area contributed by atoms with Gasteiger partial charge in [-0.2, -0.15) is 15.4 Å². The van der Waals surface area contributed by atoms with Crippen molar-refractivity contribution in [1.29, 1.82) is 0 Å². The first-order valence-electron chi connectivity index (χ1n) is 4.43. The molecule has 2 rings (SSSR count). The van der Waals surface area contributed by atoms with Gasteiger partial charge in [-0.3, -0.25) is 0 Å². The molecule has 1 heterocycles. The van der Waals surface area contributed by atoms with E-state index in [2.05, 4.69) is 15.4 Å². The Bertz CT molecular complexity index is 506. The third kappa shape index (κ3) is 1.50. The first-order valence-corrected chi connectivity index (χ1v) is 4.43. The van der Waals surface area contributed by atoms with Crippen LogP contribution < -0.4 is 4.74 Å². The highest BCUT2D eigenvalue weighted by Crippen LogP contribution is 2.25. The number of hydrogen-bond donors (Lipinski definition) is 2. The highest BCUT2D eigenvalue weighted by atomic mass is 16.5. The average molecular weight is 207 g/mol. The molecule has 0 amide bonds. The van der Waals surface area contributed by atoms with Crippen molar-refractivity contribution in [2.24, 2.45) is 0 Å². The van der Waals surface area contributed by atoms with Crippen molar-refractivity contribution in [3.63, 3.8) is 0 Å². The molecule has 1 aromatic carbocycles. The summed E-state index contributed by atoms with van der Waals surface area (Å²) in [7, 11) is 0. The molecule has 78 valence electrons. The minimum atomic E-state index is -1.07. The van der Waals surface area contributed by atoms with Gasteiger partial charge in [0, 0.05) is 0 Å². The van der Waals surface area contributed by atoms with Crippen LogP contribution in [0.25, 0.3) is 11.0 Å². The fraction of sp³-hybridized carbons (Fsp3) is 0.222. The highest BCUT2D eigenvalue weighted by molar-refractivity contribution is 6.03. The molecule has 1 aromatic heterocycles. The average Bonchev–Trinajstić information content (AvgIpc) is 2.64. The molecule has 0 aliphatic carbocycles. The molecule has 2 aromatic rings. The number of hydrogen-bond acceptors (Lipinski definition) is 4. The van der Waals surface area contributed by atoms with E-state index in [1.165, 1.54) is 0 Å². The fourth-order valence-corrected chi connectivity index (χ4v) is 1.38. The molecule has 0 radical (unpaired) electrons. The SMILES string of the molecule is CCOc1ccc2n[nH]nc2c1C(=O)O. The maximum Gasteiger partial charge on any atom is 0.341 e. The molecule has 0 saturated carbocycles. The van der Waals surface area contributed by atoms with E-state index in [9.17, 15) is 4.79 Å². The molecule has 0 aliphatic heterocycles. The zero-order valence-electron chi connectivity index (χ0n) is 8.02. The quantitative estimate of drug-likeness (QED) is 0.785. The van der Waals surface area contributed by atoms with Gasteiger partial charge in [0.2, 0.25) is 0 Å². The van der Waals surface area contributed by atoms with E-state index in [-0.39, 0.29) is 5.56 Å². The number of aromatic amines is 1. The number of H-pyrrole nitrogens is 1. The molecule has 6 nitrogen and oxygen atoms in total. The van der Waals surface area contributed by atoms with Gasteiger partial charge in [-0.1, -0.05) is 0 Å². The van der Waals surface area contributed by atoms with Gasteiger partial charge < -0.3 is 9.84 Å². The second-order valence-electron chi connectivity index (χ2n) is 2.87. The first-order chi connectivity index (χ1) is 7.24. The third-order valence-electron chi connectivity index (χ3n) is 1.96. The largest absolute Gasteiger partial charge is 0.493 e. The van der Waals surface area contributed by atoms with Crippen LogP contribution in [0.3, 0.4) is 0 Å². The van der Waals surface area contributed by atoms with Gasteiger partial charge in [-0.05, 0) is 19.1 Å². The molecule has 0 atom stereocenters. The van der Waals surface area contributed by atoms with E-state index in [4.69, 9.17) is 9.84 Å². The van der Waals surface area contributed by atoms with Gasteiger partial charge in [-0.15, -0.1) is 0 Å². The van der Waals surface area contributed by atoms with Gasteiger partial charge in [0.15, 0.2) is 0 Å². The number of carboxylic acid groups (broad SMARTS) is 1. The number of rotatable bonds is 3. The van der Waals surface area contributed by atoms with E-state index in [1.54, 1.807) is 19.1 Å². The number of nitrogens with zero attached hydrogens (tertiary/aromatic N) is 2. The zero-order chi connectivity index (χ0) is 10.8. The standard InChI is InChI=1S/C9H9N3O3/c1-2-15-6-4-3-5-8(11-12-10-5)7(6)9(13)14/h3-4H,2H2,1H3,(H,13,14)(H,10,11,12). The van der Waals surface area contributed by atoms with Crippen LogP contribution in [-0.4, -0.2) is 33.1 Å². The molecule has 2 N–H and O–H groups in total. The summed E-state index contributed by atoms with van der Waals surface area (Å²) in [6.07, 6.45) is 0. The Morgan fingerprint density at radius 1 is 1.53 bits per heavy atom. The summed E-state index contributed by atoms with van der Waals surface area (Å²) in [5.74, 6) is -0.760. The minimum absolute atomic E-state index is 0.0445. The molecule has 0 aliphatic rings. The third-order valence-corrected chi connectivity index (χ3v) is 1.96. The van der Waals surface area contributed by atoms with E-state index in [0.29, 0.717) is 23.4 Å². The number of benzene rings is 1. The van der Waals surface area contributed by atoms with Crippen LogP contribution >= 0.6 is 0 Å². The first kappa shape index (κ1) is 9.45. The predicted octanol–water partition coefficient (Wildman–Crippen LogP) is 1.05. The molecular formula is C9H9N3O3. The lowest BCUT2D eigenvalue weighted by molar-refractivity contribution is 0.0694. The monoisotopic (exact) mass is 207 g/mol. The normalized spacial score (nSPS) is 10.5. The Morgan fingerprint density at radius 2 is 2.33 bits per heavy atom. The lowest BCUT2D eigenvalue weighted by Crippen LogP contribution is -2.03. The Morgan fingerprint density at radius 3 is 3.00 bits per heavy atom. The number of aromatic carboxylic acids is 1. The summed E-state index contributed by atoms with van der Waals surface area (Å²) in [5.41, 5.74) is 0.868. The van der Waals surface area contributed by atoms with Crippen molar-refractivity contribution in [3.8, 4) is 5.75 Å². The Labute approximate surface area is 84.9 Å². The van der Waals surface area contributed by atoms with E-state index >= 15 is 0 Å².